The van der Waals surface area contributed by atoms with E-state index in [4.69, 9.17) is 46.4 Å². The SMILES string of the molecule is CC(Sc1nnnn1-c1ccc(Cl)cc1)C(=O)Nc1c(Cl)cc(Cl)cc1Cl. The van der Waals surface area contributed by atoms with E-state index in [1.54, 1.807) is 31.2 Å². The predicted molar refractivity (Wildman–Crippen MR) is 110 cm³/mol. The van der Waals surface area contributed by atoms with E-state index in [9.17, 15) is 4.79 Å². The van der Waals surface area contributed by atoms with E-state index in [0.717, 1.165) is 5.69 Å². The third kappa shape index (κ3) is 4.86. The second-order valence-electron chi connectivity index (χ2n) is 5.34. The number of carbonyl (C=O) groups excluding carboxylic acids is 1. The first-order valence-electron chi connectivity index (χ1n) is 7.51. The van der Waals surface area contributed by atoms with Crippen molar-refractivity contribution in [1.29, 1.82) is 0 Å². The van der Waals surface area contributed by atoms with Crippen LogP contribution in [0, 0.1) is 0 Å². The molecule has 1 amide bonds. The monoisotopic (exact) mass is 461 g/mol. The van der Waals surface area contributed by atoms with Crippen molar-refractivity contribution < 1.29 is 4.79 Å². The van der Waals surface area contributed by atoms with Gasteiger partial charge >= 0.3 is 0 Å². The lowest BCUT2D eigenvalue weighted by Gasteiger charge is -2.14. The zero-order chi connectivity index (χ0) is 19.6. The average Bonchev–Trinajstić information content (AvgIpc) is 3.06. The molecule has 1 aromatic heterocycles. The third-order valence-electron chi connectivity index (χ3n) is 3.42. The van der Waals surface area contributed by atoms with Crippen LogP contribution in [0.25, 0.3) is 5.69 Å². The largest absolute Gasteiger partial charge is 0.323 e. The van der Waals surface area contributed by atoms with Crippen LogP contribution in [0.5, 0.6) is 0 Å². The molecule has 0 aliphatic heterocycles. The molecule has 1 heterocycles. The Morgan fingerprint density at radius 2 is 1.70 bits per heavy atom. The van der Waals surface area contributed by atoms with Crippen molar-refractivity contribution in [2.75, 3.05) is 5.32 Å². The Hall–Kier alpha value is -1.51. The van der Waals surface area contributed by atoms with Gasteiger partial charge in [0.15, 0.2) is 0 Å². The minimum absolute atomic E-state index is 0.254. The fourth-order valence-electron chi connectivity index (χ4n) is 2.09. The topological polar surface area (TPSA) is 72.7 Å². The van der Waals surface area contributed by atoms with Crippen molar-refractivity contribution in [3.8, 4) is 5.69 Å². The summed E-state index contributed by atoms with van der Waals surface area (Å²) in [4.78, 5) is 12.5. The number of tetrazole rings is 1. The van der Waals surface area contributed by atoms with E-state index in [0.29, 0.717) is 20.9 Å². The Morgan fingerprint density at radius 3 is 2.33 bits per heavy atom. The summed E-state index contributed by atoms with van der Waals surface area (Å²) >= 11 is 25.2. The number of nitrogens with zero attached hydrogens (tertiary/aromatic N) is 4. The summed E-state index contributed by atoms with van der Waals surface area (Å²) in [6.45, 7) is 1.72. The maximum Gasteiger partial charge on any atom is 0.237 e. The number of hydrogen-bond donors (Lipinski definition) is 1. The minimum Gasteiger partial charge on any atom is -0.323 e. The minimum atomic E-state index is -0.523. The quantitative estimate of drug-likeness (QED) is 0.514. The normalized spacial score (nSPS) is 12.0. The van der Waals surface area contributed by atoms with Crippen LogP contribution in [0.2, 0.25) is 20.1 Å². The number of anilines is 1. The predicted octanol–water partition coefficient (Wildman–Crippen LogP) is 5.40. The van der Waals surface area contributed by atoms with Gasteiger partial charge in [0.2, 0.25) is 11.1 Å². The average molecular weight is 463 g/mol. The first-order valence-corrected chi connectivity index (χ1v) is 9.90. The highest BCUT2D eigenvalue weighted by Gasteiger charge is 2.21. The molecular formula is C16H11Cl4N5OS. The van der Waals surface area contributed by atoms with Gasteiger partial charge < -0.3 is 5.32 Å². The molecule has 0 aliphatic carbocycles. The maximum absolute atomic E-state index is 12.5. The van der Waals surface area contributed by atoms with E-state index < -0.39 is 5.25 Å². The third-order valence-corrected chi connectivity index (χ3v) is 5.52. The zero-order valence-electron chi connectivity index (χ0n) is 13.7. The molecule has 2 aromatic carbocycles. The fraction of sp³-hybridized carbons (Fsp3) is 0.125. The van der Waals surface area contributed by atoms with Gasteiger partial charge in [-0.25, -0.2) is 0 Å². The number of hydrogen-bond acceptors (Lipinski definition) is 5. The van der Waals surface area contributed by atoms with Crippen LogP contribution in [-0.4, -0.2) is 31.4 Å². The molecule has 3 aromatic rings. The summed E-state index contributed by atoms with van der Waals surface area (Å²) in [5.41, 5.74) is 1.03. The van der Waals surface area contributed by atoms with Gasteiger partial charge in [0.1, 0.15) is 0 Å². The Morgan fingerprint density at radius 1 is 1.07 bits per heavy atom. The molecule has 27 heavy (non-hydrogen) atoms. The first-order chi connectivity index (χ1) is 12.8. The number of carbonyl (C=O) groups is 1. The van der Waals surface area contributed by atoms with Crippen LogP contribution < -0.4 is 5.32 Å². The Bertz CT molecular complexity index is 956. The van der Waals surface area contributed by atoms with Crippen LogP contribution in [0.15, 0.2) is 41.6 Å². The molecule has 0 fully saturated rings. The van der Waals surface area contributed by atoms with Crippen molar-refractivity contribution in [3.63, 3.8) is 0 Å². The van der Waals surface area contributed by atoms with Gasteiger partial charge in [0, 0.05) is 10.0 Å². The molecule has 0 saturated heterocycles. The number of benzene rings is 2. The maximum atomic E-state index is 12.5. The van der Waals surface area contributed by atoms with Gasteiger partial charge in [-0.05, 0) is 53.7 Å². The standard InChI is InChI=1S/C16H11Cl4N5OS/c1-8(15(26)21-14-12(19)6-10(18)7-13(14)20)27-16-22-23-24-25(16)11-4-2-9(17)3-5-11/h2-8H,1H3,(H,21,26). The number of aromatic nitrogens is 4. The van der Waals surface area contributed by atoms with Crippen LogP contribution >= 0.6 is 58.2 Å². The van der Waals surface area contributed by atoms with Crippen molar-refractivity contribution in [2.45, 2.75) is 17.3 Å². The smallest absolute Gasteiger partial charge is 0.237 e. The Labute approximate surface area is 179 Å². The highest BCUT2D eigenvalue weighted by Crippen LogP contribution is 2.34. The molecule has 0 spiro atoms. The summed E-state index contributed by atoms with van der Waals surface area (Å²) < 4.78 is 1.52. The number of rotatable bonds is 5. The van der Waals surface area contributed by atoms with Gasteiger partial charge in [0.25, 0.3) is 0 Å². The molecule has 1 atom stereocenters. The highest BCUT2D eigenvalue weighted by molar-refractivity contribution is 8.00. The number of nitrogens with one attached hydrogen (secondary N) is 1. The number of thioether (sulfide) groups is 1. The summed E-state index contributed by atoms with van der Waals surface area (Å²) in [6, 6.07) is 10.0. The Kier molecular flexibility index (Phi) is 6.49. The molecule has 1 N–H and O–H groups in total. The van der Waals surface area contributed by atoms with E-state index in [1.807, 2.05) is 0 Å². The van der Waals surface area contributed by atoms with Crippen LogP contribution in [0.3, 0.4) is 0 Å². The van der Waals surface area contributed by atoms with E-state index in [1.165, 1.54) is 28.6 Å². The van der Waals surface area contributed by atoms with Crippen LogP contribution in [-0.2, 0) is 4.79 Å². The molecule has 1 unspecified atom stereocenters. The van der Waals surface area contributed by atoms with Crippen molar-refractivity contribution >= 4 is 69.8 Å². The molecule has 0 bridgehead atoms. The molecule has 140 valence electrons. The number of amides is 1. The van der Waals surface area contributed by atoms with Crippen LogP contribution in [0.4, 0.5) is 5.69 Å². The van der Waals surface area contributed by atoms with Crippen molar-refractivity contribution in [3.05, 3.63) is 56.5 Å². The zero-order valence-corrected chi connectivity index (χ0v) is 17.5. The number of halogens is 4. The second kappa shape index (κ2) is 8.67. The van der Waals surface area contributed by atoms with Gasteiger partial charge in [-0.2, -0.15) is 4.68 Å². The molecular weight excluding hydrogens is 452 g/mol. The molecule has 0 radical (unpaired) electrons. The molecule has 0 saturated carbocycles. The van der Waals surface area contributed by atoms with E-state index in [-0.39, 0.29) is 16.0 Å². The van der Waals surface area contributed by atoms with Crippen LogP contribution in [0.1, 0.15) is 6.92 Å². The Balaban J connectivity index is 1.75. The summed E-state index contributed by atoms with van der Waals surface area (Å²) in [5, 5.41) is 15.7. The molecule has 6 nitrogen and oxygen atoms in total. The van der Waals surface area contributed by atoms with E-state index in [2.05, 4.69) is 20.8 Å². The lowest BCUT2D eigenvalue weighted by Crippen LogP contribution is -2.23. The lowest BCUT2D eigenvalue weighted by atomic mass is 10.3. The highest BCUT2D eigenvalue weighted by atomic mass is 35.5. The van der Waals surface area contributed by atoms with Gasteiger partial charge in [-0.3, -0.25) is 4.79 Å². The first kappa shape index (κ1) is 20.2. The molecule has 0 aliphatic rings. The van der Waals surface area contributed by atoms with Gasteiger partial charge in [-0.1, -0.05) is 58.2 Å². The summed E-state index contributed by atoms with van der Waals surface area (Å²) in [5.74, 6) is -0.309. The molecule has 3 rings (SSSR count). The van der Waals surface area contributed by atoms with Crippen molar-refractivity contribution in [1.82, 2.24) is 20.2 Å². The lowest BCUT2D eigenvalue weighted by molar-refractivity contribution is -0.115. The van der Waals surface area contributed by atoms with E-state index >= 15 is 0 Å². The summed E-state index contributed by atoms with van der Waals surface area (Å²) in [7, 11) is 0. The fourth-order valence-corrected chi connectivity index (χ4v) is 3.94. The molecule has 11 heteroatoms. The summed E-state index contributed by atoms with van der Waals surface area (Å²) in [6.07, 6.45) is 0. The second-order valence-corrected chi connectivity index (χ2v) is 8.34. The van der Waals surface area contributed by atoms with Crippen molar-refractivity contribution in [2.24, 2.45) is 0 Å². The van der Waals surface area contributed by atoms with Gasteiger partial charge in [-0.15, -0.1) is 5.10 Å². The van der Waals surface area contributed by atoms with Gasteiger partial charge in [0.05, 0.1) is 26.7 Å².